The maximum atomic E-state index is 11.2. The van der Waals surface area contributed by atoms with Gasteiger partial charge in [0.05, 0.1) is 31.3 Å². The van der Waals surface area contributed by atoms with E-state index in [1.165, 1.54) is 25.6 Å². The molecule has 0 aliphatic heterocycles. The summed E-state index contributed by atoms with van der Waals surface area (Å²) in [7, 11) is 1.23. The number of ether oxygens (including phenoxy) is 1. The average Bonchev–Trinajstić information content (AvgIpc) is 2.37. The second-order valence-electron chi connectivity index (χ2n) is 3.37. The maximum absolute atomic E-state index is 11.2. The van der Waals surface area contributed by atoms with E-state index < -0.39 is 18.2 Å². The second kappa shape index (κ2) is 5.94. The first kappa shape index (κ1) is 13.1. The lowest BCUT2D eigenvalue weighted by Crippen LogP contribution is -2.18. The minimum atomic E-state index is -1.26. The number of hydrogen-bond donors (Lipinski definition) is 2. The Kier molecular flexibility index (Phi) is 4.57. The first-order valence-electron chi connectivity index (χ1n) is 4.86. The van der Waals surface area contributed by atoms with E-state index in [4.69, 9.17) is 5.26 Å². The van der Waals surface area contributed by atoms with Crippen molar-refractivity contribution in [2.75, 3.05) is 7.11 Å². The Morgan fingerprint density at radius 2 is 2.29 bits per heavy atom. The van der Waals surface area contributed by atoms with Gasteiger partial charge in [0, 0.05) is 18.0 Å². The average molecular weight is 236 g/mol. The van der Waals surface area contributed by atoms with Crippen LogP contribution in [0.4, 0.5) is 0 Å². The summed E-state index contributed by atoms with van der Waals surface area (Å²) in [6.07, 6.45) is -0.0681. The molecule has 1 rings (SSSR count). The van der Waals surface area contributed by atoms with Crippen LogP contribution in [-0.4, -0.2) is 34.4 Å². The normalized spacial score (nSPS) is 13.5. The molecule has 1 aromatic rings. The molecule has 0 aromatic carbocycles. The zero-order chi connectivity index (χ0) is 12.8. The Labute approximate surface area is 98.1 Å². The van der Waals surface area contributed by atoms with Crippen molar-refractivity contribution in [3.05, 3.63) is 29.6 Å². The van der Waals surface area contributed by atoms with Gasteiger partial charge in [-0.1, -0.05) is 0 Å². The molecular weight excluding hydrogens is 224 g/mol. The van der Waals surface area contributed by atoms with Crippen LogP contribution in [0, 0.1) is 11.3 Å². The number of aromatic nitrogens is 1. The predicted molar refractivity (Wildman–Crippen MR) is 56.8 cm³/mol. The Morgan fingerprint density at radius 3 is 2.88 bits per heavy atom. The van der Waals surface area contributed by atoms with Crippen LogP contribution in [0.25, 0.3) is 0 Å². The van der Waals surface area contributed by atoms with Crippen molar-refractivity contribution in [1.82, 2.24) is 4.98 Å². The predicted octanol–water partition coefficient (Wildman–Crippen LogP) is 0.176. The SMILES string of the molecule is COC(=O)c1cncc(C(O)C(O)CC#N)c1. The van der Waals surface area contributed by atoms with Crippen LogP contribution in [0.3, 0.4) is 0 Å². The number of carbonyl (C=O) groups is 1. The van der Waals surface area contributed by atoms with Crippen molar-refractivity contribution in [2.24, 2.45) is 0 Å². The zero-order valence-electron chi connectivity index (χ0n) is 9.20. The number of aliphatic hydroxyl groups is 2. The van der Waals surface area contributed by atoms with Crippen molar-refractivity contribution < 1.29 is 19.7 Å². The Morgan fingerprint density at radius 1 is 1.59 bits per heavy atom. The molecular formula is C11H12N2O4. The van der Waals surface area contributed by atoms with Gasteiger partial charge in [0.2, 0.25) is 0 Å². The first-order valence-corrected chi connectivity index (χ1v) is 4.86. The van der Waals surface area contributed by atoms with Gasteiger partial charge in [-0.15, -0.1) is 0 Å². The van der Waals surface area contributed by atoms with Crippen LogP contribution in [0.1, 0.15) is 28.4 Å². The van der Waals surface area contributed by atoms with Gasteiger partial charge in [0.15, 0.2) is 0 Å². The van der Waals surface area contributed by atoms with Gasteiger partial charge < -0.3 is 14.9 Å². The molecule has 2 unspecified atom stereocenters. The number of aliphatic hydroxyl groups excluding tert-OH is 2. The second-order valence-corrected chi connectivity index (χ2v) is 3.37. The van der Waals surface area contributed by atoms with Gasteiger partial charge in [-0.3, -0.25) is 4.98 Å². The lowest BCUT2D eigenvalue weighted by Gasteiger charge is -2.15. The van der Waals surface area contributed by atoms with E-state index >= 15 is 0 Å². The van der Waals surface area contributed by atoms with E-state index in [9.17, 15) is 15.0 Å². The summed E-state index contributed by atoms with van der Waals surface area (Å²) in [5, 5.41) is 27.5. The molecule has 1 heterocycles. The molecule has 0 amide bonds. The van der Waals surface area contributed by atoms with Crippen LogP contribution in [0.2, 0.25) is 0 Å². The zero-order valence-corrected chi connectivity index (χ0v) is 9.20. The molecule has 1 aromatic heterocycles. The molecule has 0 spiro atoms. The number of rotatable bonds is 4. The molecule has 0 radical (unpaired) electrons. The van der Waals surface area contributed by atoms with Crippen molar-refractivity contribution in [1.29, 1.82) is 5.26 Å². The maximum Gasteiger partial charge on any atom is 0.339 e. The topological polar surface area (TPSA) is 103 Å². The van der Waals surface area contributed by atoms with E-state index in [1.54, 1.807) is 6.07 Å². The lowest BCUT2D eigenvalue weighted by molar-refractivity contribution is 0.0213. The van der Waals surface area contributed by atoms with Gasteiger partial charge in [0.1, 0.15) is 6.10 Å². The largest absolute Gasteiger partial charge is 0.465 e. The van der Waals surface area contributed by atoms with E-state index in [-0.39, 0.29) is 17.5 Å². The molecule has 0 fully saturated rings. The summed E-state index contributed by atoms with van der Waals surface area (Å²) in [5.74, 6) is -0.582. The highest BCUT2D eigenvalue weighted by atomic mass is 16.5. The third-order valence-electron chi connectivity index (χ3n) is 2.19. The van der Waals surface area contributed by atoms with Gasteiger partial charge in [0.25, 0.3) is 0 Å². The highest BCUT2D eigenvalue weighted by Gasteiger charge is 2.19. The van der Waals surface area contributed by atoms with Gasteiger partial charge in [-0.25, -0.2) is 4.79 Å². The third kappa shape index (κ3) is 3.24. The van der Waals surface area contributed by atoms with Crippen LogP contribution in [-0.2, 0) is 4.74 Å². The van der Waals surface area contributed by atoms with Gasteiger partial charge >= 0.3 is 5.97 Å². The molecule has 90 valence electrons. The third-order valence-corrected chi connectivity index (χ3v) is 2.19. The molecule has 2 atom stereocenters. The number of nitrogens with zero attached hydrogens (tertiary/aromatic N) is 2. The van der Waals surface area contributed by atoms with Crippen molar-refractivity contribution in [3.8, 4) is 6.07 Å². The summed E-state index contributed by atoms with van der Waals surface area (Å²) in [5.41, 5.74) is 0.434. The van der Waals surface area contributed by atoms with E-state index in [2.05, 4.69) is 9.72 Å². The fraction of sp³-hybridized carbons (Fsp3) is 0.364. The van der Waals surface area contributed by atoms with E-state index in [0.717, 1.165) is 0 Å². The summed E-state index contributed by atoms with van der Waals surface area (Å²) in [4.78, 5) is 15.0. The van der Waals surface area contributed by atoms with Crippen LogP contribution < -0.4 is 0 Å². The lowest BCUT2D eigenvalue weighted by atomic mass is 10.0. The van der Waals surface area contributed by atoms with E-state index in [1.807, 2.05) is 0 Å². The van der Waals surface area contributed by atoms with Gasteiger partial charge in [-0.2, -0.15) is 5.26 Å². The molecule has 6 nitrogen and oxygen atoms in total. The molecule has 0 saturated heterocycles. The number of esters is 1. The molecule has 6 heteroatoms. The number of pyridine rings is 1. The van der Waals surface area contributed by atoms with E-state index in [0.29, 0.717) is 0 Å². The molecule has 0 bridgehead atoms. The van der Waals surface area contributed by atoms with Crippen LogP contribution in [0.15, 0.2) is 18.5 Å². The molecule has 0 saturated carbocycles. The van der Waals surface area contributed by atoms with Gasteiger partial charge in [-0.05, 0) is 6.07 Å². The Hall–Kier alpha value is -1.97. The summed E-state index contributed by atoms with van der Waals surface area (Å²) < 4.78 is 4.50. The number of nitriles is 1. The highest BCUT2D eigenvalue weighted by molar-refractivity contribution is 5.89. The first-order chi connectivity index (χ1) is 8.10. The fourth-order valence-corrected chi connectivity index (χ4v) is 1.28. The summed E-state index contributed by atoms with van der Waals surface area (Å²) in [6, 6.07) is 3.11. The summed E-state index contributed by atoms with van der Waals surface area (Å²) in [6.45, 7) is 0. The van der Waals surface area contributed by atoms with Crippen molar-refractivity contribution in [2.45, 2.75) is 18.6 Å². The molecule has 17 heavy (non-hydrogen) atoms. The van der Waals surface area contributed by atoms with Crippen LogP contribution >= 0.6 is 0 Å². The number of methoxy groups -OCH3 is 1. The monoisotopic (exact) mass is 236 g/mol. The van der Waals surface area contributed by atoms with Crippen LogP contribution in [0.5, 0.6) is 0 Å². The summed E-state index contributed by atoms with van der Waals surface area (Å²) >= 11 is 0. The quantitative estimate of drug-likeness (QED) is 0.722. The molecule has 0 aliphatic carbocycles. The van der Waals surface area contributed by atoms with Crippen molar-refractivity contribution >= 4 is 5.97 Å². The number of carbonyl (C=O) groups excluding carboxylic acids is 1. The Balaban J connectivity index is 2.92. The molecule has 2 N–H and O–H groups in total. The Bertz CT molecular complexity index is 441. The smallest absolute Gasteiger partial charge is 0.339 e. The fourth-order valence-electron chi connectivity index (χ4n) is 1.28. The minimum absolute atomic E-state index is 0.174. The standard InChI is InChI=1S/C11H12N2O4/c1-17-11(16)8-4-7(5-13-6-8)10(15)9(14)2-3-12/h4-6,9-10,14-15H,2H2,1H3. The molecule has 0 aliphatic rings. The van der Waals surface area contributed by atoms with Crippen molar-refractivity contribution in [3.63, 3.8) is 0 Å². The number of hydrogen-bond acceptors (Lipinski definition) is 6. The highest BCUT2D eigenvalue weighted by Crippen LogP contribution is 2.19. The minimum Gasteiger partial charge on any atom is -0.465 e.